The molecule has 0 saturated carbocycles. The molecular formula is C60H68N8O11S3. The average Bonchev–Trinajstić information content (AvgIpc) is 3.98. The fourth-order valence-electron chi connectivity index (χ4n) is 6.85. The van der Waals surface area contributed by atoms with Crippen LogP contribution in [0.2, 0.25) is 0 Å². The summed E-state index contributed by atoms with van der Waals surface area (Å²) in [5.74, 6) is 2.90. The number of anilines is 7. The van der Waals surface area contributed by atoms with E-state index < -0.39 is 18.3 Å². The van der Waals surface area contributed by atoms with Crippen molar-refractivity contribution in [2.75, 3.05) is 93.7 Å². The average molecular weight is 1170 g/mol. The molecular weight excluding hydrogens is 1100 g/mol. The Morgan fingerprint density at radius 3 is 1.30 bits per heavy atom. The molecule has 0 radical (unpaired) electrons. The minimum atomic E-state index is -0.523. The number of benzene rings is 6. The zero-order chi connectivity index (χ0) is 60.1. The molecule has 19 nitrogen and oxygen atoms in total. The Bertz CT molecular complexity index is 3290. The number of amides is 3. The zero-order valence-corrected chi connectivity index (χ0v) is 50.0. The molecule has 0 bridgehead atoms. The van der Waals surface area contributed by atoms with Gasteiger partial charge in [0.2, 0.25) is 0 Å². The second-order valence-electron chi connectivity index (χ2n) is 16.9. The van der Waals surface area contributed by atoms with E-state index in [1.54, 1.807) is 136 Å². The molecule has 22 heteroatoms. The van der Waals surface area contributed by atoms with Crippen LogP contribution in [0.25, 0.3) is 11.3 Å². The molecule has 8 N–H and O–H groups in total. The Labute approximate surface area is 490 Å². The van der Waals surface area contributed by atoms with E-state index in [-0.39, 0.29) is 11.6 Å². The Morgan fingerprint density at radius 2 is 0.902 bits per heavy atom. The summed E-state index contributed by atoms with van der Waals surface area (Å²) in [6.45, 7) is 5.73. The molecule has 7 aromatic rings. The van der Waals surface area contributed by atoms with Gasteiger partial charge >= 0.3 is 18.3 Å². The molecule has 432 valence electrons. The second-order valence-corrected chi connectivity index (χ2v) is 19.7. The number of nitrogen functional groups attached to an aromatic ring is 1. The van der Waals surface area contributed by atoms with Crippen LogP contribution in [-0.2, 0) is 14.2 Å². The normalized spacial score (nSPS) is 10.2. The minimum absolute atomic E-state index is 0.0290. The molecule has 0 fully saturated rings. The predicted molar refractivity (Wildman–Crippen MR) is 335 cm³/mol. The molecule has 0 spiro atoms. The number of carbonyl (C=O) groups excluding carboxylic acids is 5. The van der Waals surface area contributed by atoms with Gasteiger partial charge in [0.15, 0.2) is 17.4 Å². The number of hydrogen-bond acceptors (Lipinski definition) is 18. The highest BCUT2D eigenvalue weighted by atomic mass is 32.2. The van der Waals surface area contributed by atoms with Crippen LogP contribution in [0.15, 0.2) is 155 Å². The van der Waals surface area contributed by atoms with Crippen molar-refractivity contribution >= 4 is 105 Å². The fraction of sp³-hybridized carbons (Fsp3) is 0.200. The largest absolute Gasteiger partial charge is 0.497 e. The standard InChI is InChI=1S/C20H22N2O4S.C19H20N4O3.C12H14O2S2.C9H12N2O2/c1-13-11-15(21-20(24)26-3)7-10-17(13)22-19(27-4)12-18(23)14-5-8-16(25-2)9-6-14;1-12-10-14(20-19(24)26-3)6-9-16(12)21-18-11-17(22-23-18)13-4-7-15(25-2)8-5-13;1-14-10-6-4-9(5-7-10)11(13)8-12(15-2)16-3;1-6-5-7(3-4-8(6)10)11-9(12)13-2/h5-12,22H,1-4H3,(H,21,24);4-11H,1-3H3,(H,20,24)(H2,21,22,23);4-8H,1-3H3;3-5H,10H2,1-2H3,(H,11,12)/b19-12-;;;. The van der Waals surface area contributed by atoms with E-state index in [2.05, 4.69) is 51.0 Å². The van der Waals surface area contributed by atoms with Crippen molar-refractivity contribution in [3.63, 3.8) is 0 Å². The number of methoxy groups -OCH3 is 6. The first kappa shape index (κ1) is 65.5. The number of carbonyl (C=O) groups is 5. The van der Waals surface area contributed by atoms with Gasteiger partial charge in [0, 0.05) is 67.7 Å². The van der Waals surface area contributed by atoms with Crippen molar-refractivity contribution in [1.29, 1.82) is 0 Å². The number of ether oxygens (including phenoxy) is 6. The van der Waals surface area contributed by atoms with Gasteiger partial charge in [-0.3, -0.25) is 30.6 Å². The summed E-state index contributed by atoms with van der Waals surface area (Å²) in [7, 11) is 8.79. The topological polar surface area (TPSA) is 256 Å². The molecule has 82 heavy (non-hydrogen) atoms. The van der Waals surface area contributed by atoms with Crippen LogP contribution >= 0.6 is 35.3 Å². The Morgan fingerprint density at radius 1 is 0.488 bits per heavy atom. The summed E-state index contributed by atoms with van der Waals surface area (Å²) < 4.78 is 29.9. The van der Waals surface area contributed by atoms with E-state index >= 15 is 0 Å². The summed E-state index contributed by atoms with van der Waals surface area (Å²) in [5.41, 5.74) is 16.0. The highest BCUT2D eigenvalue weighted by molar-refractivity contribution is 8.21. The van der Waals surface area contributed by atoms with Gasteiger partial charge in [-0.25, -0.2) is 14.4 Å². The van der Waals surface area contributed by atoms with Gasteiger partial charge in [-0.1, -0.05) is 0 Å². The third-order valence-corrected chi connectivity index (χ3v) is 14.1. The van der Waals surface area contributed by atoms with Gasteiger partial charge in [-0.05, 0) is 189 Å². The number of nitrogens with zero attached hydrogens (tertiary/aromatic N) is 1. The van der Waals surface area contributed by atoms with Crippen LogP contribution in [0.5, 0.6) is 17.2 Å². The third kappa shape index (κ3) is 21.6. The highest BCUT2D eigenvalue weighted by Crippen LogP contribution is 2.29. The lowest BCUT2D eigenvalue weighted by Gasteiger charge is -2.13. The Balaban J connectivity index is 0.000000245. The van der Waals surface area contributed by atoms with Crippen molar-refractivity contribution in [3.05, 3.63) is 183 Å². The zero-order valence-electron chi connectivity index (χ0n) is 47.6. The number of hydrogen-bond donors (Lipinski definition) is 7. The van der Waals surface area contributed by atoms with Gasteiger partial charge in [-0.15, -0.1) is 35.3 Å². The molecule has 1 heterocycles. The van der Waals surface area contributed by atoms with E-state index in [4.69, 9.17) is 19.9 Å². The number of nitrogens with two attached hydrogens (primary N) is 1. The Kier molecular flexibility index (Phi) is 27.3. The molecule has 0 aliphatic rings. The molecule has 0 unspecified atom stereocenters. The fourth-order valence-corrected chi connectivity index (χ4v) is 8.40. The van der Waals surface area contributed by atoms with E-state index in [9.17, 15) is 24.0 Å². The van der Waals surface area contributed by atoms with Crippen LogP contribution in [-0.4, -0.2) is 101 Å². The van der Waals surface area contributed by atoms with Crippen molar-refractivity contribution < 1.29 is 52.4 Å². The van der Waals surface area contributed by atoms with Gasteiger partial charge in [0.1, 0.15) is 17.2 Å². The van der Waals surface area contributed by atoms with Crippen molar-refractivity contribution in [2.24, 2.45) is 0 Å². The van der Waals surface area contributed by atoms with Crippen LogP contribution < -0.4 is 46.5 Å². The molecule has 0 aliphatic heterocycles. The van der Waals surface area contributed by atoms with Crippen molar-refractivity contribution in [2.45, 2.75) is 20.8 Å². The van der Waals surface area contributed by atoms with Gasteiger partial charge < -0.3 is 44.8 Å². The lowest BCUT2D eigenvalue weighted by atomic mass is 10.1. The smallest absolute Gasteiger partial charge is 0.411 e. The van der Waals surface area contributed by atoms with Crippen molar-refractivity contribution in [3.8, 4) is 28.5 Å². The first-order chi connectivity index (χ1) is 39.4. The number of aryl methyl sites for hydroxylation is 3. The summed E-state index contributed by atoms with van der Waals surface area (Å²) in [6.07, 6.45) is 7.54. The van der Waals surface area contributed by atoms with E-state index in [0.717, 1.165) is 55.1 Å². The Hall–Kier alpha value is -8.99. The highest BCUT2D eigenvalue weighted by Gasteiger charge is 2.11. The van der Waals surface area contributed by atoms with E-state index in [1.807, 2.05) is 94.1 Å². The molecule has 0 saturated heterocycles. The predicted octanol–water partition coefficient (Wildman–Crippen LogP) is 14.2. The lowest BCUT2D eigenvalue weighted by molar-refractivity contribution is 0.103. The lowest BCUT2D eigenvalue weighted by Crippen LogP contribution is -2.11. The monoisotopic (exact) mass is 1170 g/mol. The first-order valence-electron chi connectivity index (χ1n) is 24.7. The maximum Gasteiger partial charge on any atom is 0.411 e. The van der Waals surface area contributed by atoms with Gasteiger partial charge in [0.25, 0.3) is 0 Å². The number of ketones is 2. The van der Waals surface area contributed by atoms with Gasteiger partial charge in [0.05, 0.1) is 53.4 Å². The second kappa shape index (κ2) is 34.2. The summed E-state index contributed by atoms with van der Waals surface area (Å²) >= 11 is 4.60. The first-order valence-corrected chi connectivity index (χ1v) is 28.4. The van der Waals surface area contributed by atoms with Gasteiger partial charge in [-0.2, -0.15) is 5.10 Å². The number of allylic oxidation sites excluding steroid dienone is 2. The van der Waals surface area contributed by atoms with E-state index in [0.29, 0.717) is 50.5 Å². The quantitative estimate of drug-likeness (QED) is 0.0182. The summed E-state index contributed by atoms with van der Waals surface area (Å²) in [6, 6.07) is 40.0. The van der Waals surface area contributed by atoms with E-state index in [1.165, 1.54) is 33.1 Å². The van der Waals surface area contributed by atoms with Crippen LogP contribution in [0, 0.1) is 20.8 Å². The maximum atomic E-state index is 12.5. The number of nitrogens with one attached hydrogen (secondary N) is 6. The summed E-state index contributed by atoms with van der Waals surface area (Å²) in [4.78, 5) is 57.7. The molecule has 3 amide bonds. The van der Waals surface area contributed by atoms with Crippen molar-refractivity contribution in [1.82, 2.24) is 10.2 Å². The van der Waals surface area contributed by atoms with Crippen LogP contribution in [0.1, 0.15) is 37.4 Å². The molecule has 0 atom stereocenters. The molecule has 7 rings (SSSR count). The third-order valence-electron chi connectivity index (χ3n) is 11.4. The molecule has 0 aliphatic carbocycles. The maximum absolute atomic E-state index is 12.5. The SMILES string of the molecule is COC(=O)Nc1ccc(N)c(C)c1.COC(=O)Nc1ccc(N/C(=C/C(=O)c2ccc(OC)cc2)SC)c(C)c1.COC(=O)Nc1ccc(Nc2cc(-c3ccc(OC)cc3)[nH]n2)c(C)c1.COc1ccc(C(=O)C=C(SC)SC)cc1. The van der Waals surface area contributed by atoms with Crippen LogP contribution in [0.4, 0.5) is 54.3 Å². The van der Waals surface area contributed by atoms with Crippen LogP contribution in [0.3, 0.4) is 0 Å². The molecule has 1 aromatic heterocycles. The summed E-state index contributed by atoms with van der Waals surface area (Å²) in [5, 5.41) is 22.3. The number of H-pyrrole nitrogens is 1. The minimum Gasteiger partial charge on any atom is -0.497 e. The number of aromatic amines is 1. The number of thioether (sulfide) groups is 3. The number of rotatable bonds is 18. The number of aromatic nitrogens is 2. The molecule has 6 aromatic carbocycles.